The fourth-order valence-electron chi connectivity index (χ4n) is 8.25. The predicted molar refractivity (Wildman–Crippen MR) is 101 cm³/mol. The van der Waals surface area contributed by atoms with E-state index >= 15 is 0 Å². The Morgan fingerprint density at radius 3 is 2.43 bits per heavy atom. The number of hydrogen-bond donors (Lipinski definition) is 2. The van der Waals surface area contributed by atoms with Crippen LogP contribution in [0, 0.1) is 22.2 Å². The van der Waals surface area contributed by atoms with Crippen molar-refractivity contribution in [1.82, 2.24) is 0 Å². The number of fused-ring (bicyclic) bond motifs is 2. The number of ether oxygens (including phenoxy) is 2. The first-order valence-corrected chi connectivity index (χ1v) is 10.1. The number of aliphatic hydroxyl groups excluding tert-OH is 1. The maximum Gasteiger partial charge on any atom is 0.303 e. The summed E-state index contributed by atoms with van der Waals surface area (Å²) < 4.78 is 12.0. The van der Waals surface area contributed by atoms with Crippen LogP contribution in [0.25, 0.3) is 0 Å². The molecule has 1 spiro atoms. The van der Waals surface area contributed by atoms with E-state index in [4.69, 9.17) is 9.47 Å². The standard InChI is InChI=1S/C22H32O6/c1-8-18(5)11-14(25)22-19(6)13(24)9-10-17(3,4)15(19)21(22,26)16(27-12(2)23)20(22,7)28-18/h8,13,15-16,24,26H,1,9-11H2,2-7H3/t13-,15?,16+,18-,19-,20+,21?,22?/m0/s1. The Balaban J connectivity index is 1.96. The molecule has 4 fully saturated rings. The van der Waals surface area contributed by atoms with Crippen LogP contribution in [0.3, 0.4) is 0 Å². The number of aliphatic hydroxyl groups is 2. The Kier molecular flexibility index (Phi) is 3.64. The molecule has 4 rings (SSSR count). The van der Waals surface area contributed by atoms with E-state index < -0.39 is 51.7 Å². The number of esters is 1. The Labute approximate surface area is 166 Å². The van der Waals surface area contributed by atoms with E-state index in [0.29, 0.717) is 6.42 Å². The van der Waals surface area contributed by atoms with Gasteiger partial charge in [-0.1, -0.05) is 26.8 Å². The molecule has 0 aromatic heterocycles. The number of carbonyl (C=O) groups excluding carboxylic acids is 2. The predicted octanol–water partition coefficient (Wildman–Crippen LogP) is 2.16. The molecular formula is C22H32O6. The zero-order valence-corrected chi connectivity index (χ0v) is 17.7. The highest BCUT2D eigenvalue weighted by molar-refractivity contribution is 5.95. The number of hydrogen-bond acceptors (Lipinski definition) is 6. The molecule has 0 bridgehead atoms. The Morgan fingerprint density at radius 2 is 1.89 bits per heavy atom. The normalized spacial score (nSPS) is 56.3. The zero-order valence-electron chi connectivity index (χ0n) is 17.7. The van der Waals surface area contributed by atoms with Gasteiger partial charge in [-0.2, -0.15) is 0 Å². The number of Topliss-reactive ketones (excluding diaryl/α,β-unsaturated/α-hetero) is 1. The number of ketones is 1. The Hall–Kier alpha value is -1.24. The van der Waals surface area contributed by atoms with Crippen molar-refractivity contribution >= 4 is 11.8 Å². The summed E-state index contributed by atoms with van der Waals surface area (Å²) in [5.41, 5.74) is -6.25. The molecule has 0 aromatic rings. The van der Waals surface area contributed by atoms with Gasteiger partial charge in [0.1, 0.15) is 22.4 Å². The van der Waals surface area contributed by atoms with Crippen molar-refractivity contribution in [3.8, 4) is 0 Å². The van der Waals surface area contributed by atoms with Crippen LogP contribution in [-0.4, -0.2) is 51.0 Å². The Morgan fingerprint density at radius 1 is 1.29 bits per heavy atom. The van der Waals surface area contributed by atoms with Crippen LogP contribution in [0.4, 0.5) is 0 Å². The van der Waals surface area contributed by atoms with Gasteiger partial charge in [-0.3, -0.25) is 9.59 Å². The fourth-order valence-corrected chi connectivity index (χ4v) is 8.25. The van der Waals surface area contributed by atoms with Crippen LogP contribution in [-0.2, 0) is 19.1 Å². The van der Waals surface area contributed by atoms with E-state index in [1.807, 2.05) is 6.92 Å². The van der Waals surface area contributed by atoms with Gasteiger partial charge in [0.15, 0.2) is 6.10 Å². The molecule has 6 nitrogen and oxygen atoms in total. The third-order valence-electron chi connectivity index (χ3n) is 8.72. The molecule has 3 saturated carbocycles. The number of rotatable bonds is 2. The van der Waals surface area contributed by atoms with Crippen LogP contribution in [0.2, 0.25) is 0 Å². The van der Waals surface area contributed by atoms with Gasteiger partial charge in [-0.15, -0.1) is 6.58 Å². The van der Waals surface area contributed by atoms with Crippen molar-refractivity contribution in [2.24, 2.45) is 22.2 Å². The average molecular weight is 392 g/mol. The van der Waals surface area contributed by atoms with Crippen molar-refractivity contribution in [2.45, 2.75) is 89.8 Å². The molecular weight excluding hydrogens is 360 g/mol. The number of carbonyl (C=O) groups is 2. The van der Waals surface area contributed by atoms with Gasteiger partial charge in [0.2, 0.25) is 0 Å². The SMILES string of the molecule is C=C[C@@]1(C)CC(=O)C23C(O)(C4C(C)(C)CC[C@H](O)[C@@]42C)[C@H](OC(C)=O)[C@@]3(C)O1. The third kappa shape index (κ3) is 1.66. The minimum atomic E-state index is -1.56. The largest absolute Gasteiger partial charge is 0.456 e. The maximum atomic E-state index is 13.7. The smallest absolute Gasteiger partial charge is 0.303 e. The molecule has 0 amide bonds. The van der Waals surface area contributed by atoms with E-state index in [1.165, 1.54) is 6.92 Å². The van der Waals surface area contributed by atoms with Gasteiger partial charge in [0, 0.05) is 24.7 Å². The quantitative estimate of drug-likeness (QED) is 0.553. The van der Waals surface area contributed by atoms with Crippen molar-refractivity contribution in [2.75, 3.05) is 0 Å². The lowest BCUT2D eigenvalue weighted by atomic mass is 9.16. The van der Waals surface area contributed by atoms with Crippen LogP contribution in [0.1, 0.15) is 60.8 Å². The molecule has 4 aliphatic rings. The molecule has 156 valence electrons. The first-order valence-electron chi connectivity index (χ1n) is 10.1. The molecule has 3 unspecified atom stereocenters. The van der Waals surface area contributed by atoms with E-state index in [-0.39, 0.29) is 17.6 Å². The molecule has 28 heavy (non-hydrogen) atoms. The van der Waals surface area contributed by atoms with Gasteiger partial charge in [0.25, 0.3) is 0 Å². The van der Waals surface area contributed by atoms with Crippen LogP contribution >= 0.6 is 0 Å². The summed E-state index contributed by atoms with van der Waals surface area (Å²) in [5.74, 6) is -1.07. The molecule has 0 aromatic carbocycles. The molecule has 1 aliphatic heterocycles. The second-order valence-electron chi connectivity index (χ2n) is 10.6. The fraction of sp³-hybridized carbons (Fsp3) is 0.818. The van der Waals surface area contributed by atoms with Crippen molar-refractivity contribution < 1.29 is 29.3 Å². The summed E-state index contributed by atoms with van der Waals surface area (Å²) in [7, 11) is 0. The summed E-state index contributed by atoms with van der Waals surface area (Å²) in [5, 5.41) is 23.1. The molecule has 0 radical (unpaired) electrons. The molecule has 6 heteroatoms. The lowest BCUT2D eigenvalue weighted by Crippen LogP contribution is -3.04. The Bertz CT molecular complexity index is 790. The van der Waals surface area contributed by atoms with Gasteiger partial charge in [-0.05, 0) is 32.1 Å². The molecule has 2 N–H and O–H groups in total. The second kappa shape index (κ2) is 5.08. The maximum absolute atomic E-state index is 13.7. The second-order valence-corrected chi connectivity index (χ2v) is 10.6. The molecule has 8 atom stereocenters. The van der Waals surface area contributed by atoms with Gasteiger partial charge < -0.3 is 19.7 Å². The highest BCUT2D eigenvalue weighted by atomic mass is 16.6. The first-order chi connectivity index (χ1) is 12.7. The first kappa shape index (κ1) is 20.0. The van der Waals surface area contributed by atoms with Crippen LogP contribution in [0.5, 0.6) is 0 Å². The minimum absolute atomic E-state index is 0.0661. The highest BCUT2D eigenvalue weighted by Gasteiger charge is 3.02. The summed E-state index contributed by atoms with van der Waals surface area (Å²) >= 11 is 0. The summed E-state index contributed by atoms with van der Waals surface area (Å²) in [6.07, 6.45) is 1.20. The van der Waals surface area contributed by atoms with E-state index in [2.05, 4.69) is 20.4 Å². The minimum Gasteiger partial charge on any atom is -0.456 e. The van der Waals surface area contributed by atoms with Gasteiger partial charge in [-0.25, -0.2) is 0 Å². The van der Waals surface area contributed by atoms with Crippen LogP contribution in [0.15, 0.2) is 12.7 Å². The highest BCUT2D eigenvalue weighted by Crippen LogP contribution is 2.88. The molecule has 3 aliphatic carbocycles. The summed E-state index contributed by atoms with van der Waals surface area (Å²) in [6, 6.07) is 0. The van der Waals surface area contributed by atoms with Gasteiger partial charge >= 0.3 is 5.97 Å². The lowest BCUT2D eigenvalue weighted by Gasteiger charge is -2.90. The topological polar surface area (TPSA) is 93.1 Å². The molecule has 1 saturated heterocycles. The van der Waals surface area contributed by atoms with E-state index in [1.54, 1.807) is 19.9 Å². The average Bonchev–Trinajstić information content (AvgIpc) is 2.54. The molecule has 1 heterocycles. The van der Waals surface area contributed by atoms with Crippen molar-refractivity contribution in [3.63, 3.8) is 0 Å². The van der Waals surface area contributed by atoms with E-state index in [9.17, 15) is 19.8 Å². The summed E-state index contributed by atoms with van der Waals surface area (Å²) in [6.45, 7) is 14.6. The van der Waals surface area contributed by atoms with Crippen LogP contribution < -0.4 is 0 Å². The summed E-state index contributed by atoms with van der Waals surface area (Å²) in [4.78, 5) is 25.6. The van der Waals surface area contributed by atoms with Crippen molar-refractivity contribution in [1.29, 1.82) is 0 Å². The lowest BCUT2D eigenvalue weighted by molar-refractivity contribution is -0.516. The zero-order chi connectivity index (χ0) is 21.1. The van der Waals surface area contributed by atoms with Crippen molar-refractivity contribution in [3.05, 3.63) is 12.7 Å². The van der Waals surface area contributed by atoms with Gasteiger partial charge in [0.05, 0.1) is 11.7 Å². The van der Waals surface area contributed by atoms with E-state index in [0.717, 1.165) is 6.42 Å². The monoisotopic (exact) mass is 392 g/mol. The third-order valence-corrected chi connectivity index (χ3v) is 8.72.